The summed E-state index contributed by atoms with van der Waals surface area (Å²) in [6.45, 7) is 4.35. The van der Waals surface area contributed by atoms with E-state index in [9.17, 15) is 0 Å². The Hall–Kier alpha value is -0.500. The lowest BCUT2D eigenvalue weighted by molar-refractivity contribution is 0.815. The smallest absolute Gasteiger partial charge is 0.0368 e. The van der Waals surface area contributed by atoms with Crippen molar-refractivity contribution in [2.24, 2.45) is 10.9 Å². The molecule has 0 aromatic carbocycles. The fraction of sp³-hybridized carbons (Fsp3) is 0.375. The molecule has 0 spiro atoms. The molecule has 0 saturated heterocycles. The second-order valence-corrected chi connectivity index (χ2v) is 3.41. The van der Waals surface area contributed by atoms with E-state index in [-0.39, 0.29) is 0 Å². The molecule has 1 heterocycles. The molecule has 0 saturated carbocycles. The lowest BCUT2D eigenvalue weighted by Gasteiger charge is -2.04. The van der Waals surface area contributed by atoms with Crippen LogP contribution in [0.4, 0.5) is 0 Å². The molecule has 1 aliphatic heterocycles. The third-order valence-corrected chi connectivity index (χ3v) is 2.37. The number of aliphatic imine (C=N–C) groups is 1. The van der Waals surface area contributed by atoms with Crippen molar-refractivity contribution in [2.45, 2.75) is 13.8 Å². The van der Waals surface area contributed by atoms with Crippen LogP contribution in [0.25, 0.3) is 0 Å². The van der Waals surface area contributed by atoms with Gasteiger partial charge in [-0.15, -0.1) is 11.8 Å². The summed E-state index contributed by atoms with van der Waals surface area (Å²) in [5.74, 6) is 0.588. The second kappa shape index (κ2) is 3.62. The summed E-state index contributed by atoms with van der Waals surface area (Å²) in [6.07, 6.45) is 5.69. The first-order valence-electron chi connectivity index (χ1n) is 3.35. The maximum Gasteiger partial charge on any atom is 0.0368 e. The maximum absolute atomic E-state index is 4.08. The van der Waals surface area contributed by atoms with Crippen LogP contribution in [-0.2, 0) is 0 Å². The molecule has 1 aliphatic rings. The highest BCUT2D eigenvalue weighted by atomic mass is 32.2. The van der Waals surface area contributed by atoms with E-state index in [1.807, 2.05) is 18.5 Å². The summed E-state index contributed by atoms with van der Waals surface area (Å²) in [4.78, 5) is 5.40. The highest BCUT2D eigenvalue weighted by Gasteiger charge is 2.01. The molecule has 0 fully saturated rings. The molecule has 0 bridgehead atoms. The Balaban J connectivity index is 2.68. The normalized spacial score (nSPS) is 17.3. The van der Waals surface area contributed by atoms with E-state index in [4.69, 9.17) is 0 Å². The van der Waals surface area contributed by atoms with Gasteiger partial charge in [-0.25, -0.2) is 0 Å². The first-order chi connectivity index (χ1) is 4.80. The van der Waals surface area contributed by atoms with Crippen molar-refractivity contribution in [1.29, 1.82) is 0 Å². The topological polar surface area (TPSA) is 12.4 Å². The SMILES string of the molecule is CC(C)C1=CN=CC=CS1. The predicted molar refractivity (Wildman–Crippen MR) is 48.1 cm³/mol. The zero-order chi connectivity index (χ0) is 7.40. The summed E-state index contributed by atoms with van der Waals surface area (Å²) in [7, 11) is 0. The standard InChI is InChI=1S/C8H11NS/c1-7(2)8-6-9-4-3-5-10-8/h3-7H,1-2H3. The van der Waals surface area contributed by atoms with E-state index in [1.54, 1.807) is 11.8 Å². The Morgan fingerprint density at radius 2 is 2.30 bits per heavy atom. The monoisotopic (exact) mass is 153 g/mol. The molecule has 2 heteroatoms. The van der Waals surface area contributed by atoms with Gasteiger partial charge in [0.15, 0.2) is 0 Å². The lowest BCUT2D eigenvalue weighted by atomic mass is 10.2. The summed E-state index contributed by atoms with van der Waals surface area (Å²) in [5, 5.41) is 2.06. The average molecular weight is 153 g/mol. The summed E-state index contributed by atoms with van der Waals surface area (Å²) in [5.41, 5.74) is 0. The molecule has 54 valence electrons. The minimum absolute atomic E-state index is 0.588. The quantitative estimate of drug-likeness (QED) is 0.564. The van der Waals surface area contributed by atoms with Gasteiger partial charge in [-0.3, -0.25) is 4.99 Å². The zero-order valence-corrected chi connectivity index (χ0v) is 7.06. The minimum Gasteiger partial charge on any atom is -0.264 e. The Morgan fingerprint density at radius 3 is 3.00 bits per heavy atom. The minimum atomic E-state index is 0.588. The third kappa shape index (κ3) is 2.03. The van der Waals surface area contributed by atoms with E-state index in [0.29, 0.717) is 5.92 Å². The molecule has 10 heavy (non-hydrogen) atoms. The van der Waals surface area contributed by atoms with Crippen molar-refractivity contribution in [1.82, 2.24) is 0 Å². The Bertz CT molecular complexity index is 189. The molecule has 1 rings (SSSR count). The molecular weight excluding hydrogens is 142 g/mol. The van der Waals surface area contributed by atoms with E-state index < -0.39 is 0 Å². The van der Waals surface area contributed by atoms with Crippen molar-refractivity contribution in [3.05, 3.63) is 22.6 Å². The Kier molecular flexibility index (Phi) is 2.75. The molecule has 0 atom stereocenters. The number of hydrogen-bond acceptors (Lipinski definition) is 2. The predicted octanol–water partition coefficient (Wildman–Crippen LogP) is 2.82. The van der Waals surface area contributed by atoms with Gasteiger partial charge in [0.1, 0.15) is 0 Å². The number of nitrogens with zero attached hydrogens (tertiary/aromatic N) is 1. The van der Waals surface area contributed by atoms with Gasteiger partial charge >= 0.3 is 0 Å². The van der Waals surface area contributed by atoms with Crippen LogP contribution in [0.5, 0.6) is 0 Å². The van der Waals surface area contributed by atoms with Gasteiger partial charge < -0.3 is 0 Å². The van der Waals surface area contributed by atoms with Crippen LogP contribution in [0, 0.1) is 5.92 Å². The van der Waals surface area contributed by atoms with E-state index >= 15 is 0 Å². The van der Waals surface area contributed by atoms with Crippen LogP contribution >= 0.6 is 11.8 Å². The first kappa shape index (κ1) is 7.61. The van der Waals surface area contributed by atoms with Crippen molar-refractivity contribution >= 4 is 18.0 Å². The summed E-state index contributed by atoms with van der Waals surface area (Å²) >= 11 is 1.75. The molecule has 1 nitrogen and oxygen atoms in total. The van der Waals surface area contributed by atoms with Gasteiger partial charge in [0.25, 0.3) is 0 Å². The Morgan fingerprint density at radius 1 is 1.50 bits per heavy atom. The van der Waals surface area contributed by atoms with E-state index in [1.165, 1.54) is 4.91 Å². The molecular formula is C8H11NS. The highest BCUT2D eigenvalue weighted by Crippen LogP contribution is 2.25. The van der Waals surface area contributed by atoms with Crippen LogP contribution in [0.3, 0.4) is 0 Å². The van der Waals surface area contributed by atoms with Crippen molar-refractivity contribution in [3.8, 4) is 0 Å². The number of thioether (sulfide) groups is 1. The second-order valence-electron chi connectivity index (χ2n) is 2.43. The van der Waals surface area contributed by atoms with E-state index in [0.717, 1.165) is 0 Å². The summed E-state index contributed by atoms with van der Waals surface area (Å²) < 4.78 is 0. The van der Waals surface area contributed by atoms with Crippen LogP contribution in [-0.4, -0.2) is 6.21 Å². The molecule has 0 aliphatic carbocycles. The van der Waals surface area contributed by atoms with Crippen LogP contribution in [0.2, 0.25) is 0 Å². The van der Waals surface area contributed by atoms with E-state index in [2.05, 4.69) is 24.2 Å². The van der Waals surface area contributed by atoms with Gasteiger partial charge in [0.2, 0.25) is 0 Å². The van der Waals surface area contributed by atoms with Crippen LogP contribution in [0.1, 0.15) is 13.8 Å². The molecule has 0 amide bonds. The highest BCUT2D eigenvalue weighted by molar-refractivity contribution is 8.05. The van der Waals surface area contributed by atoms with Gasteiger partial charge in [-0.1, -0.05) is 13.8 Å². The first-order valence-corrected chi connectivity index (χ1v) is 4.23. The van der Waals surface area contributed by atoms with Crippen molar-refractivity contribution in [2.75, 3.05) is 0 Å². The van der Waals surface area contributed by atoms with Crippen molar-refractivity contribution < 1.29 is 0 Å². The van der Waals surface area contributed by atoms with Gasteiger partial charge in [-0.05, 0) is 17.4 Å². The largest absolute Gasteiger partial charge is 0.264 e. The molecule has 0 unspecified atom stereocenters. The fourth-order valence-corrected chi connectivity index (χ4v) is 1.33. The average Bonchev–Trinajstić information content (AvgIpc) is 2.12. The lowest BCUT2D eigenvalue weighted by Crippen LogP contribution is -1.86. The summed E-state index contributed by atoms with van der Waals surface area (Å²) in [6, 6.07) is 0. The molecule has 0 radical (unpaired) electrons. The molecule has 0 aromatic heterocycles. The van der Waals surface area contributed by atoms with Crippen LogP contribution < -0.4 is 0 Å². The van der Waals surface area contributed by atoms with Gasteiger partial charge in [-0.2, -0.15) is 0 Å². The van der Waals surface area contributed by atoms with Gasteiger partial charge in [0.05, 0.1) is 0 Å². The molecule has 0 N–H and O–H groups in total. The fourth-order valence-electron chi connectivity index (χ4n) is 0.635. The zero-order valence-electron chi connectivity index (χ0n) is 6.24. The van der Waals surface area contributed by atoms with Crippen molar-refractivity contribution in [3.63, 3.8) is 0 Å². The van der Waals surface area contributed by atoms with Gasteiger partial charge in [0, 0.05) is 17.3 Å². The number of hydrogen-bond donors (Lipinski definition) is 0. The maximum atomic E-state index is 4.08. The number of allylic oxidation sites excluding steroid dienone is 2. The third-order valence-electron chi connectivity index (χ3n) is 1.23. The number of rotatable bonds is 1. The molecule has 0 aromatic rings. The van der Waals surface area contributed by atoms with Crippen LogP contribution in [0.15, 0.2) is 27.6 Å². The Labute approximate surface area is 65.9 Å².